The largest absolute Gasteiger partial charge is 0.303 e. The second kappa shape index (κ2) is 6.51. The van der Waals surface area contributed by atoms with Gasteiger partial charge in [-0.25, -0.2) is 13.2 Å². The maximum Gasteiger partial charge on any atom is 0.270 e. The third kappa shape index (κ3) is 3.36. The van der Waals surface area contributed by atoms with Crippen LogP contribution >= 0.6 is 0 Å². The molecule has 0 saturated carbocycles. The van der Waals surface area contributed by atoms with Crippen LogP contribution < -0.4 is 0 Å². The molecule has 0 unspecified atom stereocenters. The zero-order chi connectivity index (χ0) is 20.0. The summed E-state index contributed by atoms with van der Waals surface area (Å²) in [5.41, 5.74) is 0.410. The molecule has 142 valence electrons. The van der Waals surface area contributed by atoms with Gasteiger partial charge in [0.1, 0.15) is 11.7 Å². The van der Waals surface area contributed by atoms with Gasteiger partial charge in [0, 0.05) is 31.4 Å². The van der Waals surface area contributed by atoms with Gasteiger partial charge >= 0.3 is 0 Å². The van der Waals surface area contributed by atoms with E-state index in [4.69, 9.17) is 5.41 Å². The third-order valence-electron chi connectivity index (χ3n) is 5.41. The van der Waals surface area contributed by atoms with Gasteiger partial charge in [-0.1, -0.05) is 43.3 Å². The number of carbonyl (C=O) groups is 1. The lowest BCUT2D eigenvalue weighted by molar-refractivity contribution is -0.131. The molecule has 1 amide bonds. The molecule has 1 heterocycles. The summed E-state index contributed by atoms with van der Waals surface area (Å²) in [5, 5.41) is 8.17. The highest BCUT2D eigenvalue weighted by atomic mass is 19.3. The summed E-state index contributed by atoms with van der Waals surface area (Å²) < 4.78 is 40.5. The first-order valence-electron chi connectivity index (χ1n) is 8.63. The molecule has 3 rings (SSSR count). The zero-order valence-corrected chi connectivity index (χ0v) is 15.4. The number of benzene rings is 2. The summed E-state index contributed by atoms with van der Waals surface area (Å²) in [6, 6.07) is 11.6. The molecule has 2 atom stereocenters. The van der Waals surface area contributed by atoms with E-state index >= 15 is 0 Å². The van der Waals surface area contributed by atoms with Gasteiger partial charge in [0.25, 0.3) is 5.92 Å². The number of hydrogen-bond acceptors (Lipinski definition) is 2. The molecule has 2 aromatic rings. The number of nitrogens with one attached hydrogen (secondary N) is 1. The van der Waals surface area contributed by atoms with Gasteiger partial charge in [-0.2, -0.15) is 0 Å². The van der Waals surface area contributed by atoms with Gasteiger partial charge in [0.15, 0.2) is 0 Å². The number of rotatable bonds is 3. The number of likely N-dealkylation sites (tertiary alicyclic amines) is 1. The Balaban J connectivity index is 2.11. The molecule has 2 aromatic carbocycles. The highest BCUT2D eigenvalue weighted by molar-refractivity contribution is 6.04. The molecule has 0 bridgehead atoms. The lowest BCUT2D eigenvalue weighted by Gasteiger charge is -2.44. The van der Waals surface area contributed by atoms with Crippen LogP contribution in [0.25, 0.3) is 0 Å². The molecule has 0 aliphatic carbocycles. The van der Waals surface area contributed by atoms with Crippen LogP contribution in [0, 0.1) is 11.2 Å². The molecule has 1 fully saturated rings. The Morgan fingerprint density at radius 3 is 2.19 bits per heavy atom. The van der Waals surface area contributed by atoms with Gasteiger partial charge in [-0.3, -0.25) is 10.2 Å². The molecule has 1 N–H and O–H groups in total. The number of amides is 1. The molecular weight excluding hydrogens is 353 g/mol. The summed E-state index contributed by atoms with van der Waals surface area (Å²) in [7, 11) is 1.54. The summed E-state index contributed by atoms with van der Waals surface area (Å²) in [4.78, 5) is 14.3. The van der Waals surface area contributed by atoms with Gasteiger partial charge < -0.3 is 4.90 Å². The van der Waals surface area contributed by atoms with Crippen molar-refractivity contribution in [3.05, 3.63) is 71.0 Å². The fraction of sp³-hybridized carbons (Fsp3) is 0.333. The number of carbonyl (C=O) groups excluding carboxylic acids is 1. The third-order valence-corrected chi connectivity index (χ3v) is 5.41. The first kappa shape index (κ1) is 19.1. The first-order chi connectivity index (χ1) is 12.5. The highest BCUT2D eigenvalue weighted by Crippen LogP contribution is 2.46. The molecule has 27 heavy (non-hydrogen) atoms. The predicted molar refractivity (Wildman–Crippen MR) is 97.6 cm³/mol. The van der Waals surface area contributed by atoms with Gasteiger partial charge in [-0.05, 0) is 23.3 Å². The Hall–Kier alpha value is -2.63. The van der Waals surface area contributed by atoms with Gasteiger partial charge in [0.05, 0.1) is 5.92 Å². The van der Waals surface area contributed by atoms with E-state index < -0.39 is 17.3 Å². The van der Waals surface area contributed by atoms with Crippen molar-refractivity contribution >= 4 is 11.7 Å². The number of hydrogen-bond donors (Lipinski definition) is 1. The Labute approximate surface area is 156 Å². The van der Waals surface area contributed by atoms with Gasteiger partial charge in [-0.15, -0.1) is 0 Å². The van der Waals surface area contributed by atoms with E-state index in [2.05, 4.69) is 0 Å². The topological polar surface area (TPSA) is 44.2 Å². The van der Waals surface area contributed by atoms with Crippen LogP contribution in [0.2, 0.25) is 0 Å². The van der Waals surface area contributed by atoms with Crippen LogP contribution in [0.15, 0.2) is 48.5 Å². The van der Waals surface area contributed by atoms with Crippen LogP contribution in [-0.4, -0.2) is 23.7 Å². The molecule has 0 spiro atoms. The maximum absolute atomic E-state index is 13.5. The normalized spacial score (nSPS) is 23.6. The van der Waals surface area contributed by atoms with Crippen LogP contribution in [0.5, 0.6) is 0 Å². The van der Waals surface area contributed by atoms with E-state index in [0.717, 1.165) is 12.5 Å². The average Bonchev–Trinajstić information content (AvgIpc) is 2.60. The number of nitrogens with zero attached hydrogens (tertiary/aromatic N) is 1. The Kier molecular flexibility index (Phi) is 4.62. The summed E-state index contributed by atoms with van der Waals surface area (Å²) >= 11 is 0. The number of halogens is 3. The first-order valence-corrected chi connectivity index (χ1v) is 8.63. The number of likely N-dealkylation sites (N-methyl/N-ethyl adjacent to an activating group) is 1. The highest BCUT2D eigenvalue weighted by Gasteiger charge is 2.48. The number of alkyl halides is 2. The second-order valence-electron chi connectivity index (χ2n) is 7.39. The van der Waals surface area contributed by atoms with Crippen LogP contribution in [0.3, 0.4) is 0 Å². The zero-order valence-electron chi connectivity index (χ0n) is 15.4. The van der Waals surface area contributed by atoms with Crippen molar-refractivity contribution in [3.8, 4) is 0 Å². The number of amidine groups is 1. The van der Waals surface area contributed by atoms with Crippen molar-refractivity contribution in [1.82, 2.24) is 4.90 Å². The second-order valence-corrected chi connectivity index (χ2v) is 7.39. The minimum absolute atomic E-state index is 0.126. The smallest absolute Gasteiger partial charge is 0.270 e. The van der Waals surface area contributed by atoms with E-state index in [9.17, 15) is 18.0 Å². The Morgan fingerprint density at radius 2 is 1.67 bits per heavy atom. The fourth-order valence-corrected chi connectivity index (χ4v) is 3.75. The van der Waals surface area contributed by atoms with Crippen LogP contribution in [0.4, 0.5) is 13.2 Å². The van der Waals surface area contributed by atoms with Crippen molar-refractivity contribution in [2.24, 2.45) is 0 Å². The van der Waals surface area contributed by atoms with E-state index in [0.29, 0.717) is 5.56 Å². The fourth-order valence-electron chi connectivity index (χ4n) is 3.75. The lowest BCUT2D eigenvalue weighted by atomic mass is 9.64. The number of piperidine rings is 1. The van der Waals surface area contributed by atoms with Gasteiger partial charge in [0.2, 0.25) is 5.91 Å². The predicted octanol–water partition coefficient (Wildman–Crippen LogP) is 4.82. The quantitative estimate of drug-likeness (QED) is 0.823. The van der Waals surface area contributed by atoms with Crippen LogP contribution in [0.1, 0.15) is 42.9 Å². The van der Waals surface area contributed by atoms with E-state index in [1.807, 2.05) is 6.92 Å². The SMILES string of the molecule is CN1C(=N)C[C@](C)(c2ccc(F)cc2)[C@@H](c2ccc(C(C)(F)F)cc2)C1=O. The van der Waals surface area contributed by atoms with Crippen molar-refractivity contribution < 1.29 is 18.0 Å². The minimum Gasteiger partial charge on any atom is -0.303 e. The average molecular weight is 374 g/mol. The van der Waals surface area contributed by atoms with E-state index in [-0.39, 0.29) is 29.5 Å². The van der Waals surface area contributed by atoms with Crippen molar-refractivity contribution in [2.75, 3.05) is 7.05 Å². The molecule has 6 heteroatoms. The summed E-state index contributed by atoms with van der Waals surface area (Å²) in [6.45, 7) is 2.68. The Bertz CT molecular complexity index is 872. The monoisotopic (exact) mass is 374 g/mol. The van der Waals surface area contributed by atoms with Crippen molar-refractivity contribution in [2.45, 2.75) is 37.5 Å². The maximum atomic E-state index is 13.5. The molecular formula is C21H21F3N2O. The van der Waals surface area contributed by atoms with E-state index in [1.165, 1.54) is 36.2 Å². The molecule has 0 aromatic heterocycles. The lowest BCUT2D eigenvalue weighted by Crippen LogP contribution is -2.52. The molecule has 0 radical (unpaired) electrons. The summed E-state index contributed by atoms with van der Waals surface area (Å²) in [6.07, 6.45) is 0.275. The molecule has 1 aliphatic rings. The van der Waals surface area contributed by atoms with Crippen LogP contribution in [-0.2, 0) is 16.1 Å². The molecule has 1 saturated heterocycles. The van der Waals surface area contributed by atoms with E-state index in [1.54, 1.807) is 24.3 Å². The minimum atomic E-state index is -2.96. The molecule has 1 aliphatic heterocycles. The summed E-state index contributed by atoms with van der Waals surface area (Å²) in [5.74, 6) is -4.13. The molecule has 3 nitrogen and oxygen atoms in total. The standard InChI is InChI=1S/C21H21F3N2O/c1-20(14-8-10-16(22)11-9-14)12-17(25)26(3)19(27)18(20)13-4-6-15(7-5-13)21(2,23)24/h4-11,18,25H,12H2,1-3H3/t18-,20+/m0/s1. The Morgan fingerprint density at radius 1 is 1.11 bits per heavy atom. The van der Waals surface area contributed by atoms with Crippen molar-refractivity contribution in [3.63, 3.8) is 0 Å². The van der Waals surface area contributed by atoms with Crippen molar-refractivity contribution in [1.29, 1.82) is 5.41 Å².